The minimum absolute atomic E-state index is 0.117. The lowest BCUT2D eigenvalue weighted by Crippen LogP contribution is -2.33. The Balaban J connectivity index is 2.25. The van der Waals surface area contributed by atoms with Crippen molar-refractivity contribution in [1.82, 2.24) is 0 Å². The van der Waals surface area contributed by atoms with Crippen LogP contribution in [0.2, 0.25) is 0 Å². The highest BCUT2D eigenvalue weighted by molar-refractivity contribution is 8.01. The second-order valence-corrected chi connectivity index (χ2v) is 6.88. The summed E-state index contributed by atoms with van der Waals surface area (Å²) in [5.74, 6) is 0. The fourth-order valence-corrected chi connectivity index (χ4v) is 4.07. The van der Waals surface area contributed by atoms with Crippen molar-refractivity contribution in [2.45, 2.75) is 82.3 Å². The zero-order valence-electron chi connectivity index (χ0n) is 11.3. The Morgan fingerprint density at radius 2 is 2.00 bits per heavy atom. The molecule has 0 spiro atoms. The van der Waals surface area contributed by atoms with Crippen molar-refractivity contribution >= 4 is 11.8 Å². The predicted molar refractivity (Wildman–Crippen MR) is 74.0 cm³/mol. The van der Waals surface area contributed by atoms with Gasteiger partial charge >= 0.3 is 0 Å². The van der Waals surface area contributed by atoms with E-state index in [1.54, 1.807) is 0 Å². The Morgan fingerprint density at radius 1 is 1.19 bits per heavy atom. The largest absolute Gasteiger partial charge is 0.365 e. The molecule has 1 rings (SSSR count). The van der Waals surface area contributed by atoms with E-state index >= 15 is 0 Å². The summed E-state index contributed by atoms with van der Waals surface area (Å²) in [6.45, 7) is 7.83. The Labute approximate surface area is 106 Å². The van der Waals surface area contributed by atoms with Gasteiger partial charge in [0.2, 0.25) is 0 Å². The highest BCUT2D eigenvalue weighted by Crippen LogP contribution is 2.41. The predicted octanol–water partition coefficient (Wildman–Crippen LogP) is 5.00. The first-order chi connectivity index (χ1) is 7.70. The molecule has 16 heavy (non-hydrogen) atoms. The topological polar surface area (TPSA) is 9.23 Å². The van der Waals surface area contributed by atoms with Crippen LogP contribution in [0.3, 0.4) is 0 Å². The van der Waals surface area contributed by atoms with Crippen LogP contribution >= 0.6 is 11.8 Å². The molecular formula is C14H28OS. The highest BCUT2D eigenvalue weighted by Gasteiger charge is 2.32. The maximum absolute atomic E-state index is 5.99. The van der Waals surface area contributed by atoms with Gasteiger partial charge in [-0.1, -0.05) is 39.5 Å². The van der Waals surface area contributed by atoms with Crippen molar-refractivity contribution < 1.29 is 4.74 Å². The van der Waals surface area contributed by atoms with Crippen molar-refractivity contribution in [3.8, 4) is 0 Å². The summed E-state index contributed by atoms with van der Waals surface area (Å²) in [6, 6.07) is 0. The molecule has 0 radical (unpaired) electrons. The minimum Gasteiger partial charge on any atom is -0.365 e. The molecule has 1 fully saturated rings. The van der Waals surface area contributed by atoms with Crippen LogP contribution in [-0.2, 0) is 4.74 Å². The average molecular weight is 244 g/mol. The molecule has 0 aromatic rings. The molecule has 0 amide bonds. The van der Waals surface area contributed by atoms with E-state index < -0.39 is 0 Å². The standard InChI is InChI=1S/C14H28OS/c1-4-6-7-8-11-14(3)15-12-10-13(16-14)9-5-2/h13H,4-12H2,1-3H3. The fourth-order valence-electron chi connectivity index (χ4n) is 2.38. The molecule has 0 aromatic heterocycles. The zero-order chi connectivity index (χ0) is 11.9. The van der Waals surface area contributed by atoms with Crippen LogP contribution in [0.15, 0.2) is 0 Å². The lowest BCUT2D eigenvalue weighted by Gasteiger charge is -2.38. The van der Waals surface area contributed by atoms with E-state index in [2.05, 4.69) is 32.5 Å². The second-order valence-electron chi connectivity index (χ2n) is 5.11. The number of thioether (sulfide) groups is 1. The summed E-state index contributed by atoms with van der Waals surface area (Å²) in [5, 5.41) is 0.843. The number of rotatable bonds is 7. The van der Waals surface area contributed by atoms with Crippen LogP contribution in [0, 0.1) is 0 Å². The van der Waals surface area contributed by atoms with Crippen molar-refractivity contribution in [2.75, 3.05) is 6.61 Å². The normalized spacial score (nSPS) is 30.6. The highest BCUT2D eigenvalue weighted by atomic mass is 32.2. The Kier molecular flexibility index (Phi) is 6.83. The van der Waals surface area contributed by atoms with E-state index in [9.17, 15) is 0 Å². The maximum atomic E-state index is 5.99. The Morgan fingerprint density at radius 3 is 2.69 bits per heavy atom. The molecule has 2 unspecified atom stereocenters. The van der Waals surface area contributed by atoms with Gasteiger partial charge in [-0.15, -0.1) is 11.8 Å². The smallest absolute Gasteiger partial charge is 0.111 e. The molecule has 96 valence electrons. The maximum Gasteiger partial charge on any atom is 0.111 e. The van der Waals surface area contributed by atoms with Gasteiger partial charge in [-0.2, -0.15) is 0 Å². The third-order valence-corrected chi connectivity index (χ3v) is 4.98. The van der Waals surface area contributed by atoms with Crippen LogP contribution in [0.5, 0.6) is 0 Å². The third-order valence-electron chi connectivity index (χ3n) is 3.36. The first-order valence-corrected chi connectivity index (χ1v) is 7.90. The minimum atomic E-state index is 0.117. The summed E-state index contributed by atoms with van der Waals surface area (Å²) in [6.07, 6.45) is 10.6. The van der Waals surface area contributed by atoms with E-state index in [-0.39, 0.29) is 4.93 Å². The second kappa shape index (κ2) is 7.60. The van der Waals surface area contributed by atoms with Crippen LogP contribution in [-0.4, -0.2) is 16.8 Å². The lowest BCUT2D eigenvalue weighted by atomic mass is 10.1. The third kappa shape index (κ3) is 5.09. The summed E-state index contributed by atoms with van der Waals surface area (Å²) in [5.41, 5.74) is 0. The Bertz CT molecular complexity index is 182. The molecule has 2 heteroatoms. The summed E-state index contributed by atoms with van der Waals surface area (Å²) < 4.78 is 5.99. The van der Waals surface area contributed by atoms with Crippen molar-refractivity contribution in [2.24, 2.45) is 0 Å². The van der Waals surface area contributed by atoms with Gasteiger partial charge in [0.1, 0.15) is 4.93 Å². The lowest BCUT2D eigenvalue weighted by molar-refractivity contribution is 0.0197. The van der Waals surface area contributed by atoms with E-state index in [0.717, 1.165) is 11.9 Å². The number of unbranched alkanes of at least 4 members (excludes halogenated alkanes) is 3. The van der Waals surface area contributed by atoms with E-state index in [1.165, 1.54) is 51.4 Å². The molecule has 1 aliphatic heterocycles. The first-order valence-electron chi connectivity index (χ1n) is 7.02. The molecular weight excluding hydrogens is 216 g/mol. The first kappa shape index (κ1) is 14.4. The van der Waals surface area contributed by atoms with Crippen LogP contribution < -0.4 is 0 Å². The molecule has 1 saturated heterocycles. The molecule has 1 heterocycles. The van der Waals surface area contributed by atoms with E-state index in [0.29, 0.717) is 0 Å². The summed E-state index contributed by atoms with van der Waals surface area (Å²) in [7, 11) is 0. The van der Waals surface area contributed by atoms with Gasteiger partial charge in [0.15, 0.2) is 0 Å². The van der Waals surface area contributed by atoms with E-state index in [4.69, 9.17) is 4.74 Å². The SMILES string of the molecule is CCCCCCC1(C)OCCC(CCC)S1. The summed E-state index contributed by atoms with van der Waals surface area (Å²) in [4.78, 5) is 0.117. The van der Waals surface area contributed by atoms with Crippen molar-refractivity contribution in [3.05, 3.63) is 0 Å². The molecule has 1 aliphatic rings. The zero-order valence-corrected chi connectivity index (χ0v) is 12.1. The summed E-state index contributed by atoms with van der Waals surface area (Å²) >= 11 is 2.09. The molecule has 2 atom stereocenters. The Hall–Kier alpha value is 0.310. The molecule has 0 aliphatic carbocycles. The van der Waals surface area contributed by atoms with Crippen LogP contribution in [0.4, 0.5) is 0 Å². The van der Waals surface area contributed by atoms with Crippen LogP contribution in [0.25, 0.3) is 0 Å². The van der Waals surface area contributed by atoms with Gasteiger partial charge in [-0.3, -0.25) is 0 Å². The molecule has 0 aromatic carbocycles. The number of ether oxygens (including phenoxy) is 1. The average Bonchev–Trinajstić information content (AvgIpc) is 2.25. The molecule has 0 bridgehead atoms. The monoisotopic (exact) mass is 244 g/mol. The molecule has 0 saturated carbocycles. The quantitative estimate of drug-likeness (QED) is 0.583. The molecule has 1 nitrogen and oxygen atoms in total. The fraction of sp³-hybridized carbons (Fsp3) is 1.00. The van der Waals surface area contributed by atoms with Gasteiger partial charge < -0.3 is 4.74 Å². The van der Waals surface area contributed by atoms with Crippen LogP contribution in [0.1, 0.15) is 72.1 Å². The number of hydrogen-bond acceptors (Lipinski definition) is 2. The van der Waals surface area contributed by atoms with Gasteiger partial charge in [-0.05, 0) is 32.6 Å². The number of hydrogen-bond donors (Lipinski definition) is 0. The van der Waals surface area contributed by atoms with Gasteiger partial charge in [-0.25, -0.2) is 0 Å². The van der Waals surface area contributed by atoms with E-state index in [1.807, 2.05) is 0 Å². The van der Waals surface area contributed by atoms with Gasteiger partial charge in [0.05, 0.1) is 0 Å². The van der Waals surface area contributed by atoms with Crippen molar-refractivity contribution in [1.29, 1.82) is 0 Å². The van der Waals surface area contributed by atoms with Gasteiger partial charge in [0, 0.05) is 11.9 Å². The van der Waals surface area contributed by atoms with Gasteiger partial charge in [0.25, 0.3) is 0 Å². The molecule has 0 N–H and O–H groups in total. The van der Waals surface area contributed by atoms with Crippen molar-refractivity contribution in [3.63, 3.8) is 0 Å².